The number of ether oxygens (including phenoxy) is 2. The molecule has 0 saturated heterocycles. The lowest BCUT2D eigenvalue weighted by atomic mass is 10.1. The van der Waals surface area contributed by atoms with Gasteiger partial charge in [0.05, 0.1) is 12.7 Å². The zero-order valence-electron chi connectivity index (χ0n) is 16.4. The highest BCUT2D eigenvalue weighted by atomic mass is 127. The molecule has 0 bridgehead atoms. The third kappa shape index (κ3) is 5.20. The van der Waals surface area contributed by atoms with E-state index in [1.165, 1.54) is 5.56 Å². The van der Waals surface area contributed by atoms with Crippen molar-refractivity contribution in [1.82, 2.24) is 0 Å². The maximum Gasteiger partial charge on any atom is 0.363 e. The van der Waals surface area contributed by atoms with Gasteiger partial charge in [-0.3, -0.25) is 0 Å². The predicted octanol–water partition coefficient (Wildman–Crippen LogP) is 6.89. The molecule has 0 saturated carbocycles. The van der Waals surface area contributed by atoms with Gasteiger partial charge >= 0.3 is 5.97 Å². The number of rotatable bonds is 5. The van der Waals surface area contributed by atoms with E-state index in [1.807, 2.05) is 48.5 Å². The normalized spacial score (nSPS) is 14.5. The van der Waals surface area contributed by atoms with Crippen LogP contribution in [-0.2, 0) is 16.1 Å². The Morgan fingerprint density at radius 1 is 1.06 bits per heavy atom. The van der Waals surface area contributed by atoms with E-state index in [0.717, 1.165) is 34.1 Å². The lowest BCUT2D eigenvalue weighted by Crippen LogP contribution is -2.05. The van der Waals surface area contributed by atoms with Crippen LogP contribution in [0.2, 0.25) is 0 Å². The van der Waals surface area contributed by atoms with Crippen molar-refractivity contribution in [2.75, 3.05) is 0 Å². The fraction of sp³-hybridized carbons (Fsp3) is 0.0833. The zero-order valence-corrected chi connectivity index (χ0v) is 22.3. The Balaban J connectivity index is 1.58. The molecule has 3 aromatic rings. The molecule has 0 fully saturated rings. The fourth-order valence-electron chi connectivity index (χ4n) is 3.04. The summed E-state index contributed by atoms with van der Waals surface area (Å²) in [6.07, 6.45) is 1.74. The van der Waals surface area contributed by atoms with Crippen LogP contribution in [-0.4, -0.2) is 11.9 Å². The highest BCUT2D eigenvalue weighted by molar-refractivity contribution is 14.1. The summed E-state index contributed by atoms with van der Waals surface area (Å²) in [5.74, 6) is 0.667. The third-order valence-corrected chi connectivity index (χ3v) is 6.98. The number of carbonyl (C=O) groups excluding carboxylic acids is 1. The number of aryl methyl sites for hydroxylation is 1. The Labute approximate surface area is 216 Å². The van der Waals surface area contributed by atoms with Gasteiger partial charge < -0.3 is 9.47 Å². The summed E-state index contributed by atoms with van der Waals surface area (Å²) < 4.78 is 14.2. The summed E-state index contributed by atoms with van der Waals surface area (Å²) in [4.78, 5) is 16.8. The van der Waals surface area contributed by atoms with E-state index in [9.17, 15) is 4.79 Å². The molecule has 7 heteroatoms. The number of carbonyl (C=O) groups is 1. The molecule has 0 radical (unpaired) electrons. The first kappa shape index (κ1) is 22.5. The molecule has 0 atom stereocenters. The van der Waals surface area contributed by atoms with Gasteiger partial charge in [-0.1, -0.05) is 36.4 Å². The number of esters is 1. The minimum absolute atomic E-state index is 0.269. The van der Waals surface area contributed by atoms with Gasteiger partial charge in [-0.05, 0) is 115 Å². The molecular formula is C24H16BrI2NO3. The largest absolute Gasteiger partial charge is 0.487 e. The van der Waals surface area contributed by atoms with Gasteiger partial charge in [-0.25, -0.2) is 9.79 Å². The van der Waals surface area contributed by atoms with Gasteiger partial charge in [-0.15, -0.1) is 0 Å². The van der Waals surface area contributed by atoms with Gasteiger partial charge in [0.1, 0.15) is 12.4 Å². The van der Waals surface area contributed by atoms with Crippen molar-refractivity contribution in [1.29, 1.82) is 0 Å². The molecule has 0 amide bonds. The van der Waals surface area contributed by atoms with E-state index in [1.54, 1.807) is 6.08 Å². The summed E-state index contributed by atoms with van der Waals surface area (Å²) in [7, 11) is 0. The Morgan fingerprint density at radius 3 is 2.45 bits per heavy atom. The molecule has 0 spiro atoms. The number of cyclic esters (lactones) is 1. The second-order valence-electron chi connectivity index (χ2n) is 6.84. The van der Waals surface area contributed by atoms with Crippen molar-refractivity contribution < 1.29 is 14.3 Å². The average molecular weight is 700 g/mol. The number of halogens is 3. The van der Waals surface area contributed by atoms with E-state index in [0.29, 0.717) is 12.5 Å². The van der Waals surface area contributed by atoms with Crippen LogP contribution in [0.25, 0.3) is 6.08 Å². The number of nitrogens with zero attached hydrogens (tertiary/aromatic N) is 1. The van der Waals surface area contributed by atoms with Gasteiger partial charge in [0.2, 0.25) is 5.90 Å². The van der Waals surface area contributed by atoms with Gasteiger partial charge in [0, 0.05) is 4.47 Å². The van der Waals surface area contributed by atoms with Crippen LogP contribution in [0.5, 0.6) is 5.75 Å². The van der Waals surface area contributed by atoms with Crippen molar-refractivity contribution in [3.8, 4) is 5.75 Å². The molecule has 1 heterocycles. The van der Waals surface area contributed by atoms with Crippen LogP contribution >= 0.6 is 61.1 Å². The standard InChI is InChI=1S/C24H16BrI2NO3/c1-14-6-2-3-7-16(14)13-30-22-19(26)10-15(11-20(22)27)12-21-24(29)31-23(28-21)17-8-4-5-9-18(17)25/h2-12H,13H2,1H3/b21-12-. The highest BCUT2D eigenvalue weighted by Gasteiger charge is 2.25. The molecule has 0 aromatic heterocycles. The molecule has 1 aliphatic heterocycles. The quantitative estimate of drug-likeness (QED) is 0.166. The van der Waals surface area contributed by atoms with Crippen molar-refractivity contribution in [3.05, 3.63) is 100 Å². The van der Waals surface area contributed by atoms with E-state index in [2.05, 4.69) is 85.2 Å². The number of hydrogen-bond acceptors (Lipinski definition) is 4. The van der Waals surface area contributed by atoms with Crippen LogP contribution < -0.4 is 4.74 Å². The van der Waals surface area contributed by atoms with Crippen LogP contribution in [0.3, 0.4) is 0 Å². The third-order valence-electron chi connectivity index (χ3n) is 4.68. The van der Waals surface area contributed by atoms with Crippen LogP contribution in [0.1, 0.15) is 22.3 Å². The number of aliphatic imine (C=N–C) groups is 1. The van der Waals surface area contributed by atoms with E-state index < -0.39 is 5.97 Å². The topological polar surface area (TPSA) is 47.9 Å². The van der Waals surface area contributed by atoms with Crippen LogP contribution in [0, 0.1) is 14.1 Å². The Morgan fingerprint density at radius 2 is 1.74 bits per heavy atom. The summed E-state index contributed by atoms with van der Waals surface area (Å²) in [5.41, 5.74) is 4.23. The molecule has 0 unspecified atom stereocenters. The first-order valence-corrected chi connectivity index (χ1v) is 12.3. The van der Waals surface area contributed by atoms with Crippen LogP contribution in [0.4, 0.5) is 0 Å². The molecule has 156 valence electrons. The molecule has 1 aliphatic rings. The second kappa shape index (κ2) is 9.83. The smallest absolute Gasteiger partial charge is 0.363 e. The molecule has 0 N–H and O–H groups in total. The molecule has 4 rings (SSSR count). The van der Waals surface area contributed by atoms with Crippen LogP contribution in [0.15, 0.2) is 75.8 Å². The first-order chi connectivity index (χ1) is 14.9. The van der Waals surface area contributed by atoms with E-state index >= 15 is 0 Å². The summed E-state index contributed by atoms with van der Waals surface area (Å²) in [6, 6.07) is 19.6. The highest BCUT2D eigenvalue weighted by Crippen LogP contribution is 2.31. The van der Waals surface area contributed by atoms with Gasteiger partial charge in [-0.2, -0.15) is 0 Å². The van der Waals surface area contributed by atoms with Crippen molar-refractivity contribution >= 4 is 79.1 Å². The van der Waals surface area contributed by atoms with E-state index in [4.69, 9.17) is 9.47 Å². The first-order valence-electron chi connectivity index (χ1n) is 9.36. The monoisotopic (exact) mass is 699 g/mol. The maximum absolute atomic E-state index is 12.4. The zero-order chi connectivity index (χ0) is 22.0. The molecular weight excluding hydrogens is 684 g/mol. The van der Waals surface area contributed by atoms with Crippen molar-refractivity contribution in [2.45, 2.75) is 13.5 Å². The summed E-state index contributed by atoms with van der Waals surface area (Å²) in [6.45, 7) is 2.58. The van der Waals surface area contributed by atoms with Gasteiger partial charge in [0.25, 0.3) is 0 Å². The summed E-state index contributed by atoms with van der Waals surface area (Å²) >= 11 is 7.98. The molecule has 0 aliphatic carbocycles. The Hall–Kier alpha value is -1.72. The Bertz CT molecular complexity index is 1210. The SMILES string of the molecule is Cc1ccccc1COc1c(I)cc(/C=C2\N=C(c3ccccc3Br)OC2=O)cc1I. The number of hydrogen-bond donors (Lipinski definition) is 0. The minimum Gasteiger partial charge on any atom is -0.487 e. The van der Waals surface area contributed by atoms with E-state index in [-0.39, 0.29) is 5.70 Å². The fourth-order valence-corrected chi connectivity index (χ4v) is 5.62. The lowest BCUT2D eigenvalue weighted by Gasteiger charge is -2.13. The summed E-state index contributed by atoms with van der Waals surface area (Å²) in [5, 5.41) is 0. The Kier molecular flexibility index (Phi) is 7.12. The predicted molar refractivity (Wildman–Crippen MR) is 142 cm³/mol. The molecule has 31 heavy (non-hydrogen) atoms. The molecule has 3 aromatic carbocycles. The van der Waals surface area contributed by atoms with Crippen molar-refractivity contribution in [2.24, 2.45) is 4.99 Å². The number of benzene rings is 3. The minimum atomic E-state index is -0.462. The van der Waals surface area contributed by atoms with Crippen molar-refractivity contribution in [3.63, 3.8) is 0 Å². The maximum atomic E-state index is 12.4. The average Bonchev–Trinajstić information content (AvgIpc) is 3.09. The lowest BCUT2D eigenvalue weighted by molar-refractivity contribution is -0.129. The molecule has 4 nitrogen and oxygen atoms in total. The van der Waals surface area contributed by atoms with Gasteiger partial charge in [0.15, 0.2) is 5.70 Å². The second-order valence-corrected chi connectivity index (χ2v) is 10.0.